The summed E-state index contributed by atoms with van der Waals surface area (Å²) in [5, 5.41) is 0.587. The van der Waals surface area contributed by atoms with Crippen molar-refractivity contribution in [3.8, 4) is 5.75 Å². The molecule has 4 nitrogen and oxygen atoms in total. The van der Waals surface area contributed by atoms with E-state index in [1.807, 2.05) is 39.0 Å². The lowest BCUT2D eigenvalue weighted by molar-refractivity contribution is -0.185. The molecule has 2 fully saturated rings. The van der Waals surface area contributed by atoms with E-state index in [1.54, 1.807) is 0 Å². The van der Waals surface area contributed by atoms with E-state index in [0.29, 0.717) is 30.0 Å². The first kappa shape index (κ1) is 21.2. The number of halogens is 1. The molecule has 0 bridgehead atoms. The highest BCUT2D eigenvalue weighted by Gasteiger charge is 2.50. The summed E-state index contributed by atoms with van der Waals surface area (Å²) >= 11 is 6.38. The highest BCUT2D eigenvalue weighted by Crippen LogP contribution is 2.45. The Balaban J connectivity index is 1.77. The zero-order valence-corrected chi connectivity index (χ0v) is 17.9. The fourth-order valence-corrected chi connectivity index (χ4v) is 4.93. The Morgan fingerprint density at radius 2 is 1.96 bits per heavy atom. The van der Waals surface area contributed by atoms with E-state index in [4.69, 9.17) is 21.1 Å². The molecular weight excluding hydrogens is 376 g/mol. The van der Waals surface area contributed by atoms with Crippen LogP contribution in [0.4, 0.5) is 0 Å². The zero-order chi connectivity index (χ0) is 20.3. The molecule has 2 aliphatic rings. The van der Waals surface area contributed by atoms with Crippen LogP contribution in [0.25, 0.3) is 0 Å². The van der Waals surface area contributed by atoms with Gasteiger partial charge in [-0.2, -0.15) is 0 Å². The van der Waals surface area contributed by atoms with Crippen molar-refractivity contribution in [1.82, 2.24) is 0 Å². The van der Waals surface area contributed by atoms with Crippen LogP contribution in [0.3, 0.4) is 0 Å². The van der Waals surface area contributed by atoms with Crippen molar-refractivity contribution in [2.45, 2.75) is 83.8 Å². The van der Waals surface area contributed by atoms with E-state index in [2.05, 4.69) is 0 Å². The maximum absolute atomic E-state index is 12.7. The van der Waals surface area contributed by atoms with E-state index >= 15 is 0 Å². The molecule has 3 rings (SSSR count). The Bertz CT molecular complexity index is 703. The summed E-state index contributed by atoms with van der Waals surface area (Å²) in [6.45, 7) is 5.80. The van der Waals surface area contributed by atoms with Gasteiger partial charge in [-0.15, -0.1) is 0 Å². The number of hydrogen-bond donors (Lipinski definition) is 0. The van der Waals surface area contributed by atoms with Crippen LogP contribution in [0.15, 0.2) is 18.2 Å². The lowest BCUT2D eigenvalue weighted by Gasteiger charge is -2.43. The molecule has 1 heterocycles. The van der Waals surface area contributed by atoms with E-state index < -0.39 is 11.5 Å². The molecule has 1 saturated heterocycles. The SMILES string of the molecule is CCC1C(=O)CC(CCc2ccc(OC(C)C)c(Cl)c2)(C2CCCC2)OC1=O. The standard InChI is InChI=1S/C23H31ClO4/c1-4-18-20(25)14-23(28-22(18)26,17-7-5-6-8-17)12-11-16-9-10-21(19(24)13-16)27-15(2)3/h9-10,13,15,17-18H,4-8,11-12,14H2,1-3H3. The first-order valence-electron chi connectivity index (χ1n) is 10.6. The first-order valence-corrected chi connectivity index (χ1v) is 10.9. The lowest BCUT2D eigenvalue weighted by atomic mass is 9.74. The van der Waals surface area contributed by atoms with Gasteiger partial charge in [0, 0.05) is 6.42 Å². The number of carbonyl (C=O) groups excluding carboxylic acids is 2. The number of ketones is 1. The Morgan fingerprint density at radius 1 is 1.25 bits per heavy atom. The first-order chi connectivity index (χ1) is 13.3. The normalized spacial score (nSPS) is 26.0. The molecule has 0 radical (unpaired) electrons. The topological polar surface area (TPSA) is 52.6 Å². The van der Waals surface area contributed by atoms with Crippen LogP contribution in [0.5, 0.6) is 5.75 Å². The van der Waals surface area contributed by atoms with E-state index in [-0.39, 0.29) is 23.8 Å². The van der Waals surface area contributed by atoms with Gasteiger partial charge in [-0.3, -0.25) is 9.59 Å². The highest BCUT2D eigenvalue weighted by molar-refractivity contribution is 6.32. The predicted molar refractivity (Wildman–Crippen MR) is 110 cm³/mol. The molecule has 2 atom stereocenters. The third kappa shape index (κ3) is 4.53. The van der Waals surface area contributed by atoms with Gasteiger partial charge in [-0.25, -0.2) is 0 Å². The second kappa shape index (κ2) is 8.86. The van der Waals surface area contributed by atoms with Crippen molar-refractivity contribution >= 4 is 23.4 Å². The maximum Gasteiger partial charge on any atom is 0.317 e. The summed E-state index contributed by atoms with van der Waals surface area (Å²) in [6.07, 6.45) is 6.65. The number of aryl methyl sites for hydroxylation is 1. The van der Waals surface area contributed by atoms with Gasteiger partial charge in [0.1, 0.15) is 17.3 Å². The van der Waals surface area contributed by atoms with Crippen LogP contribution in [0, 0.1) is 11.8 Å². The van der Waals surface area contributed by atoms with Crippen molar-refractivity contribution in [1.29, 1.82) is 0 Å². The van der Waals surface area contributed by atoms with Gasteiger partial charge in [0.2, 0.25) is 0 Å². The van der Waals surface area contributed by atoms with Gasteiger partial charge < -0.3 is 9.47 Å². The number of esters is 1. The van der Waals surface area contributed by atoms with E-state index in [1.165, 1.54) is 0 Å². The third-order valence-electron chi connectivity index (χ3n) is 6.15. The van der Waals surface area contributed by atoms with Crippen molar-refractivity contribution in [2.24, 2.45) is 11.8 Å². The molecule has 1 aliphatic carbocycles. The summed E-state index contributed by atoms with van der Waals surface area (Å²) in [4.78, 5) is 25.2. The van der Waals surface area contributed by atoms with Crippen molar-refractivity contribution in [2.75, 3.05) is 0 Å². The summed E-state index contributed by atoms with van der Waals surface area (Å²) in [5.74, 6) is 0.0818. The van der Waals surface area contributed by atoms with Crippen molar-refractivity contribution < 1.29 is 19.1 Å². The van der Waals surface area contributed by atoms with Crippen LogP contribution in [0.1, 0.15) is 71.3 Å². The zero-order valence-electron chi connectivity index (χ0n) is 17.1. The van der Waals surface area contributed by atoms with Crippen molar-refractivity contribution in [3.05, 3.63) is 28.8 Å². The number of cyclic esters (lactones) is 1. The second-order valence-corrected chi connectivity index (χ2v) is 8.91. The lowest BCUT2D eigenvalue weighted by Crippen LogP contribution is -2.51. The summed E-state index contributed by atoms with van der Waals surface area (Å²) in [5.41, 5.74) is 0.412. The summed E-state index contributed by atoms with van der Waals surface area (Å²) < 4.78 is 11.7. The number of ether oxygens (including phenoxy) is 2. The Hall–Kier alpha value is -1.55. The molecular formula is C23H31ClO4. The third-order valence-corrected chi connectivity index (χ3v) is 6.45. The van der Waals surface area contributed by atoms with Gasteiger partial charge in [-0.05, 0) is 69.6 Å². The number of carbonyl (C=O) groups is 2. The largest absolute Gasteiger partial charge is 0.489 e. The Kier molecular flexibility index (Phi) is 6.69. The molecule has 0 aromatic heterocycles. The molecule has 1 aromatic carbocycles. The summed E-state index contributed by atoms with van der Waals surface area (Å²) in [6, 6.07) is 5.82. The van der Waals surface area contributed by atoms with E-state index in [0.717, 1.165) is 37.7 Å². The quantitative estimate of drug-likeness (QED) is 0.441. The average Bonchev–Trinajstić information content (AvgIpc) is 3.17. The fourth-order valence-electron chi connectivity index (χ4n) is 4.68. The molecule has 0 spiro atoms. The number of benzene rings is 1. The highest BCUT2D eigenvalue weighted by atomic mass is 35.5. The minimum absolute atomic E-state index is 0.0457. The van der Waals surface area contributed by atoms with Gasteiger partial charge in [0.15, 0.2) is 5.78 Å². The Labute approximate surface area is 172 Å². The predicted octanol–water partition coefficient (Wildman–Crippen LogP) is 5.53. The molecule has 2 unspecified atom stereocenters. The van der Waals surface area contributed by atoms with Crippen LogP contribution in [0.2, 0.25) is 5.02 Å². The molecule has 154 valence electrons. The summed E-state index contributed by atoms with van der Waals surface area (Å²) in [7, 11) is 0. The minimum Gasteiger partial charge on any atom is -0.489 e. The van der Waals surface area contributed by atoms with E-state index in [9.17, 15) is 9.59 Å². The molecule has 5 heteroatoms. The molecule has 0 amide bonds. The number of hydrogen-bond acceptors (Lipinski definition) is 4. The number of Topliss-reactive ketones (excluding diaryl/α,β-unsaturated/α-hetero) is 1. The molecule has 0 N–H and O–H groups in total. The molecule has 1 saturated carbocycles. The van der Waals surface area contributed by atoms with Crippen LogP contribution in [-0.4, -0.2) is 23.5 Å². The Morgan fingerprint density at radius 3 is 2.54 bits per heavy atom. The number of rotatable bonds is 7. The fraction of sp³-hybridized carbons (Fsp3) is 0.652. The van der Waals surface area contributed by atoms with Gasteiger partial charge in [0.25, 0.3) is 0 Å². The van der Waals surface area contributed by atoms with Gasteiger partial charge in [-0.1, -0.05) is 37.4 Å². The van der Waals surface area contributed by atoms with Gasteiger partial charge in [0.05, 0.1) is 11.1 Å². The smallest absolute Gasteiger partial charge is 0.317 e. The second-order valence-electron chi connectivity index (χ2n) is 8.50. The van der Waals surface area contributed by atoms with Crippen LogP contribution in [-0.2, 0) is 20.7 Å². The molecule has 1 aromatic rings. The van der Waals surface area contributed by atoms with Gasteiger partial charge >= 0.3 is 5.97 Å². The van der Waals surface area contributed by atoms with Crippen molar-refractivity contribution in [3.63, 3.8) is 0 Å². The van der Waals surface area contributed by atoms with Crippen LogP contribution < -0.4 is 4.74 Å². The molecule has 28 heavy (non-hydrogen) atoms. The van der Waals surface area contributed by atoms with Crippen LogP contribution >= 0.6 is 11.6 Å². The minimum atomic E-state index is -0.657. The maximum atomic E-state index is 12.7. The average molecular weight is 407 g/mol. The molecule has 1 aliphatic heterocycles. The monoisotopic (exact) mass is 406 g/mol.